The van der Waals surface area contributed by atoms with Crippen LogP contribution in [0.25, 0.3) is 11.1 Å². The van der Waals surface area contributed by atoms with Crippen LogP contribution in [0.3, 0.4) is 0 Å². The van der Waals surface area contributed by atoms with Gasteiger partial charge in [-0.15, -0.1) is 0 Å². The van der Waals surface area contributed by atoms with Crippen molar-refractivity contribution in [1.29, 1.82) is 0 Å². The summed E-state index contributed by atoms with van der Waals surface area (Å²) < 4.78 is 5.69. The number of hydrogen-bond acceptors (Lipinski definition) is 4. The Morgan fingerprint density at radius 3 is 2.16 bits per heavy atom. The first-order valence-electron chi connectivity index (χ1n) is 13.2. The minimum absolute atomic E-state index is 0.0172. The average Bonchev–Trinajstić information content (AvgIpc) is 3.25. The van der Waals surface area contributed by atoms with Crippen LogP contribution in [0, 0.1) is 5.92 Å². The fourth-order valence-corrected chi connectivity index (χ4v) is 5.79. The molecule has 196 valence electrons. The van der Waals surface area contributed by atoms with E-state index in [4.69, 9.17) is 4.74 Å². The largest absolute Gasteiger partial charge is 0.480 e. The number of ether oxygens (including phenoxy) is 1. The first-order valence-corrected chi connectivity index (χ1v) is 13.2. The normalized spacial score (nSPS) is 18.2. The van der Waals surface area contributed by atoms with E-state index < -0.39 is 12.1 Å². The standard InChI is InChI=1S/C31H32N2O5/c34-29(35)19-33(18-21-9-2-1-3-10-21)30(36)22-11-8-12-23(17-22)32-31(37)38-20-28-26-15-6-4-13-24(26)25-14-5-7-16-27(25)28/h1-7,9-10,13-16,22-23,28H,8,11-12,17-20H2,(H,32,37)(H,34,35)/t22-,23+/m1/s1. The van der Waals surface area contributed by atoms with Crippen molar-refractivity contribution in [3.8, 4) is 11.1 Å². The van der Waals surface area contributed by atoms with Crippen molar-refractivity contribution in [1.82, 2.24) is 10.2 Å². The summed E-state index contributed by atoms with van der Waals surface area (Å²) in [4.78, 5) is 39.0. The fourth-order valence-electron chi connectivity index (χ4n) is 5.79. The van der Waals surface area contributed by atoms with Gasteiger partial charge in [0, 0.05) is 24.4 Å². The molecule has 2 aliphatic rings. The number of amides is 2. The highest BCUT2D eigenvalue weighted by Crippen LogP contribution is 2.44. The van der Waals surface area contributed by atoms with Crippen molar-refractivity contribution in [2.24, 2.45) is 5.92 Å². The Morgan fingerprint density at radius 2 is 1.50 bits per heavy atom. The van der Waals surface area contributed by atoms with Gasteiger partial charge in [0.2, 0.25) is 5.91 Å². The van der Waals surface area contributed by atoms with E-state index in [2.05, 4.69) is 29.6 Å². The molecule has 2 N–H and O–H groups in total. The monoisotopic (exact) mass is 512 g/mol. The Balaban J connectivity index is 1.18. The number of fused-ring (bicyclic) bond motifs is 3. The molecule has 0 unspecified atom stereocenters. The average molecular weight is 513 g/mol. The Bertz CT molecular complexity index is 1260. The zero-order valence-corrected chi connectivity index (χ0v) is 21.2. The van der Waals surface area contributed by atoms with E-state index >= 15 is 0 Å². The van der Waals surface area contributed by atoms with Gasteiger partial charge in [0.25, 0.3) is 0 Å². The smallest absolute Gasteiger partial charge is 0.407 e. The molecule has 2 aliphatic carbocycles. The minimum Gasteiger partial charge on any atom is -0.480 e. The zero-order chi connectivity index (χ0) is 26.5. The maximum absolute atomic E-state index is 13.3. The van der Waals surface area contributed by atoms with Crippen LogP contribution in [0.2, 0.25) is 0 Å². The molecule has 5 rings (SSSR count). The van der Waals surface area contributed by atoms with E-state index in [1.54, 1.807) is 0 Å². The lowest BCUT2D eigenvalue weighted by Crippen LogP contribution is -2.45. The molecule has 0 bridgehead atoms. The zero-order valence-electron chi connectivity index (χ0n) is 21.2. The molecule has 7 nitrogen and oxygen atoms in total. The van der Waals surface area contributed by atoms with Crippen molar-refractivity contribution in [2.45, 2.75) is 44.2 Å². The predicted octanol–water partition coefficient (Wildman–Crippen LogP) is 5.20. The Kier molecular flexibility index (Phi) is 7.73. The highest BCUT2D eigenvalue weighted by Gasteiger charge is 2.33. The van der Waals surface area contributed by atoms with Crippen molar-refractivity contribution >= 4 is 18.0 Å². The summed E-state index contributed by atoms with van der Waals surface area (Å²) in [5.74, 6) is -1.59. The molecule has 38 heavy (non-hydrogen) atoms. The lowest BCUT2D eigenvalue weighted by atomic mass is 9.84. The van der Waals surface area contributed by atoms with Gasteiger partial charge in [0.15, 0.2) is 0 Å². The predicted molar refractivity (Wildman–Crippen MR) is 143 cm³/mol. The van der Waals surface area contributed by atoms with Crippen molar-refractivity contribution in [3.63, 3.8) is 0 Å². The molecule has 1 fully saturated rings. The number of nitrogens with zero attached hydrogens (tertiary/aromatic N) is 1. The van der Waals surface area contributed by atoms with E-state index in [1.165, 1.54) is 16.0 Å². The Morgan fingerprint density at radius 1 is 0.868 bits per heavy atom. The summed E-state index contributed by atoms with van der Waals surface area (Å²) in [6, 6.07) is 25.6. The maximum Gasteiger partial charge on any atom is 0.407 e. The first kappa shape index (κ1) is 25.5. The lowest BCUT2D eigenvalue weighted by molar-refractivity contribution is -0.147. The Labute approximate surface area is 222 Å². The van der Waals surface area contributed by atoms with Gasteiger partial charge in [-0.25, -0.2) is 4.79 Å². The van der Waals surface area contributed by atoms with Crippen molar-refractivity contribution < 1.29 is 24.2 Å². The molecule has 7 heteroatoms. The third-order valence-electron chi connectivity index (χ3n) is 7.54. The number of hydrogen-bond donors (Lipinski definition) is 2. The summed E-state index contributed by atoms with van der Waals surface area (Å²) in [5.41, 5.74) is 5.54. The number of carboxylic acid groups (broad SMARTS) is 1. The van der Waals surface area contributed by atoms with Gasteiger partial charge >= 0.3 is 12.1 Å². The molecule has 2 atom stereocenters. The van der Waals surface area contributed by atoms with Gasteiger partial charge in [-0.1, -0.05) is 85.3 Å². The molecule has 0 aliphatic heterocycles. The van der Waals surface area contributed by atoms with Gasteiger partial charge < -0.3 is 20.1 Å². The fraction of sp³-hybridized carbons (Fsp3) is 0.323. The summed E-state index contributed by atoms with van der Waals surface area (Å²) >= 11 is 0. The van der Waals surface area contributed by atoms with Crippen LogP contribution in [-0.4, -0.2) is 47.2 Å². The lowest BCUT2D eigenvalue weighted by Gasteiger charge is -2.32. The second-order valence-corrected chi connectivity index (χ2v) is 10.1. The topological polar surface area (TPSA) is 95.9 Å². The Hall–Kier alpha value is -4.13. The number of carbonyl (C=O) groups is 3. The van der Waals surface area contributed by atoms with Crippen LogP contribution in [0.15, 0.2) is 78.9 Å². The van der Waals surface area contributed by atoms with Gasteiger partial charge in [-0.3, -0.25) is 9.59 Å². The van der Waals surface area contributed by atoms with E-state index in [9.17, 15) is 19.5 Å². The van der Waals surface area contributed by atoms with Gasteiger partial charge in [0.05, 0.1) is 0 Å². The molecular weight excluding hydrogens is 480 g/mol. The molecule has 0 saturated heterocycles. The van der Waals surface area contributed by atoms with Crippen LogP contribution in [-0.2, 0) is 20.9 Å². The summed E-state index contributed by atoms with van der Waals surface area (Å²) in [7, 11) is 0. The highest BCUT2D eigenvalue weighted by atomic mass is 16.5. The van der Waals surface area contributed by atoms with Gasteiger partial charge in [0.1, 0.15) is 13.2 Å². The van der Waals surface area contributed by atoms with Crippen molar-refractivity contribution in [3.05, 3.63) is 95.6 Å². The number of alkyl carbamates (subject to hydrolysis) is 1. The second kappa shape index (κ2) is 11.5. The molecule has 3 aromatic rings. The van der Waals surface area contributed by atoms with Gasteiger partial charge in [-0.2, -0.15) is 0 Å². The van der Waals surface area contributed by atoms with Crippen LogP contribution in [0.1, 0.15) is 48.3 Å². The van der Waals surface area contributed by atoms with E-state index in [0.29, 0.717) is 12.8 Å². The molecule has 0 radical (unpaired) electrons. The van der Waals surface area contributed by atoms with E-state index in [1.807, 2.05) is 54.6 Å². The number of nitrogens with one attached hydrogen (secondary N) is 1. The number of benzene rings is 3. The van der Waals surface area contributed by atoms with Crippen LogP contribution in [0.5, 0.6) is 0 Å². The number of rotatable bonds is 8. The molecule has 0 spiro atoms. The first-order chi connectivity index (χ1) is 18.5. The van der Waals surface area contributed by atoms with E-state index in [0.717, 1.165) is 29.5 Å². The third-order valence-corrected chi connectivity index (χ3v) is 7.54. The highest BCUT2D eigenvalue weighted by molar-refractivity contribution is 5.83. The summed E-state index contributed by atoms with van der Waals surface area (Å²) in [6.07, 6.45) is 2.18. The number of carboxylic acids is 1. The van der Waals surface area contributed by atoms with Crippen molar-refractivity contribution in [2.75, 3.05) is 13.2 Å². The molecule has 0 heterocycles. The quantitative estimate of drug-likeness (QED) is 0.433. The molecular formula is C31H32N2O5. The van der Waals surface area contributed by atoms with E-state index in [-0.39, 0.29) is 43.5 Å². The molecule has 1 saturated carbocycles. The summed E-state index contributed by atoms with van der Waals surface area (Å²) in [5, 5.41) is 12.3. The van der Waals surface area contributed by atoms with Crippen LogP contribution < -0.4 is 5.32 Å². The summed E-state index contributed by atoms with van der Waals surface area (Å²) in [6.45, 7) is 0.125. The number of carbonyl (C=O) groups excluding carboxylic acids is 2. The molecule has 0 aromatic heterocycles. The third kappa shape index (κ3) is 5.72. The second-order valence-electron chi connectivity index (χ2n) is 10.1. The maximum atomic E-state index is 13.3. The minimum atomic E-state index is -1.04. The van der Waals surface area contributed by atoms with Crippen LogP contribution in [0.4, 0.5) is 4.79 Å². The van der Waals surface area contributed by atoms with Crippen LogP contribution >= 0.6 is 0 Å². The van der Waals surface area contributed by atoms with Gasteiger partial charge in [-0.05, 0) is 47.1 Å². The molecule has 2 amide bonds. The SMILES string of the molecule is O=C(O)CN(Cc1ccccc1)C(=O)[C@@H]1CCC[C@H](NC(=O)OCC2c3ccccc3-c3ccccc32)C1. The number of aliphatic carboxylic acids is 1. The molecule has 3 aromatic carbocycles.